The molecule has 0 saturated carbocycles. The lowest BCUT2D eigenvalue weighted by atomic mass is 10.1. The van der Waals surface area contributed by atoms with Crippen molar-refractivity contribution in [2.75, 3.05) is 25.6 Å². The summed E-state index contributed by atoms with van der Waals surface area (Å²) in [7, 11) is 0. The third kappa shape index (κ3) is 3.63. The van der Waals surface area contributed by atoms with Gasteiger partial charge in [0.1, 0.15) is 4.88 Å². The number of piperidine rings is 1. The Hall–Kier alpha value is -0.290. The summed E-state index contributed by atoms with van der Waals surface area (Å²) in [4.78, 5) is 14.9. The smallest absolute Gasteiger partial charge is 0.265 e. The Balaban J connectivity index is 1.91. The predicted octanol–water partition coefficient (Wildman–Crippen LogP) is 3.57. The fourth-order valence-corrected chi connectivity index (χ4v) is 3.48. The van der Waals surface area contributed by atoms with Crippen LogP contribution < -0.4 is 0 Å². The molecule has 0 radical (unpaired) electrons. The highest BCUT2D eigenvalue weighted by molar-refractivity contribution is 7.13. The number of aryl methyl sites for hydroxylation is 1. The number of ether oxygens (including phenoxy) is 1. The zero-order valence-corrected chi connectivity index (χ0v) is 13.2. The monoisotopic (exact) mass is 321 g/mol. The molecule has 0 unspecified atom stereocenters. The molecule has 19 heavy (non-hydrogen) atoms. The van der Waals surface area contributed by atoms with Crippen LogP contribution in [0.25, 0.3) is 0 Å². The summed E-state index contributed by atoms with van der Waals surface area (Å²) in [6.07, 6.45) is 1.96. The average Bonchev–Trinajstić information content (AvgIpc) is 2.76. The number of carbonyl (C=O) groups excluding carboxylic acids is 1. The summed E-state index contributed by atoms with van der Waals surface area (Å²) < 4.78 is 5.60. The zero-order valence-electron chi connectivity index (χ0n) is 10.8. The molecular formula is C13H17Cl2NO2S. The molecule has 0 bridgehead atoms. The van der Waals surface area contributed by atoms with E-state index in [2.05, 4.69) is 0 Å². The lowest BCUT2D eigenvalue weighted by Crippen LogP contribution is -2.40. The molecule has 6 heteroatoms. The van der Waals surface area contributed by atoms with Gasteiger partial charge in [-0.2, -0.15) is 0 Å². The maximum Gasteiger partial charge on any atom is 0.265 e. The number of hydrogen-bond donors (Lipinski definition) is 0. The number of nitrogens with zero attached hydrogens (tertiary/aromatic N) is 1. The lowest BCUT2D eigenvalue weighted by Gasteiger charge is -2.31. The highest BCUT2D eigenvalue weighted by atomic mass is 35.5. The first-order valence-electron chi connectivity index (χ1n) is 6.34. The van der Waals surface area contributed by atoms with E-state index >= 15 is 0 Å². The van der Waals surface area contributed by atoms with Crippen LogP contribution >= 0.6 is 34.5 Å². The number of hydrogen-bond acceptors (Lipinski definition) is 3. The second kappa shape index (κ2) is 6.93. The second-order valence-electron chi connectivity index (χ2n) is 4.61. The van der Waals surface area contributed by atoms with E-state index in [1.807, 2.05) is 17.2 Å². The molecule has 1 aliphatic rings. The van der Waals surface area contributed by atoms with Crippen LogP contribution in [0.1, 0.15) is 28.1 Å². The molecule has 1 amide bonds. The molecule has 1 aromatic rings. The second-order valence-corrected chi connectivity index (χ2v) is 6.25. The summed E-state index contributed by atoms with van der Waals surface area (Å²) in [6.45, 7) is 3.94. The molecule has 0 aromatic carbocycles. The Labute approximate surface area is 127 Å². The van der Waals surface area contributed by atoms with Gasteiger partial charge in [-0.25, -0.2) is 0 Å². The van der Waals surface area contributed by atoms with Crippen LogP contribution in [0.15, 0.2) is 5.38 Å². The van der Waals surface area contributed by atoms with Crippen molar-refractivity contribution in [3.05, 3.63) is 20.8 Å². The van der Waals surface area contributed by atoms with Crippen molar-refractivity contribution >= 4 is 40.4 Å². The number of rotatable bonds is 4. The third-order valence-electron chi connectivity index (χ3n) is 3.25. The van der Waals surface area contributed by atoms with Crippen LogP contribution in [0.3, 0.4) is 0 Å². The van der Waals surface area contributed by atoms with E-state index in [0.717, 1.165) is 31.5 Å². The highest BCUT2D eigenvalue weighted by Crippen LogP contribution is 2.29. The number of likely N-dealkylation sites (tertiary alicyclic amines) is 1. The van der Waals surface area contributed by atoms with Gasteiger partial charge in [-0.05, 0) is 30.7 Å². The molecular weight excluding hydrogens is 305 g/mol. The molecule has 1 fully saturated rings. The summed E-state index contributed by atoms with van der Waals surface area (Å²) >= 11 is 13.2. The summed E-state index contributed by atoms with van der Waals surface area (Å²) in [5, 5.41) is 2.52. The lowest BCUT2D eigenvalue weighted by molar-refractivity contribution is 0.0155. The maximum atomic E-state index is 12.3. The van der Waals surface area contributed by atoms with Gasteiger partial charge in [-0.15, -0.1) is 22.9 Å². The first kappa shape index (κ1) is 15.1. The van der Waals surface area contributed by atoms with Gasteiger partial charge in [0.2, 0.25) is 0 Å². The Bertz CT molecular complexity index is 442. The van der Waals surface area contributed by atoms with Crippen LogP contribution in [-0.2, 0) is 4.74 Å². The van der Waals surface area contributed by atoms with Crippen LogP contribution in [-0.4, -0.2) is 42.5 Å². The first-order chi connectivity index (χ1) is 9.13. The Morgan fingerprint density at radius 2 is 2.21 bits per heavy atom. The molecule has 2 rings (SSSR count). The van der Waals surface area contributed by atoms with E-state index in [1.165, 1.54) is 11.3 Å². The molecule has 0 N–H and O–H groups in total. The Morgan fingerprint density at radius 1 is 1.53 bits per heavy atom. The van der Waals surface area contributed by atoms with Gasteiger partial charge in [0.25, 0.3) is 5.91 Å². The van der Waals surface area contributed by atoms with Crippen molar-refractivity contribution in [2.45, 2.75) is 25.9 Å². The number of amides is 1. The molecule has 1 saturated heterocycles. The fourth-order valence-electron chi connectivity index (χ4n) is 2.15. The summed E-state index contributed by atoms with van der Waals surface area (Å²) in [6, 6.07) is 0. The van der Waals surface area contributed by atoms with Crippen LogP contribution in [0, 0.1) is 6.92 Å². The van der Waals surface area contributed by atoms with Crippen LogP contribution in [0.2, 0.25) is 5.02 Å². The minimum Gasteiger partial charge on any atom is -0.377 e. The first-order valence-corrected chi connectivity index (χ1v) is 8.13. The average molecular weight is 322 g/mol. The zero-order chi connectivity index (χ0) is 13.8. The van der Waals surface area contributed by atoms with Gasteiger partial charge in [0.05, 0.1) is 17.7 Å². The van der Waals surface area contributed by atoms with Gasteiger partial charge in [-0.1, -0.05) is 11.6 Å². The van der Waals surface area contributed by atoms with Crippen molar-refractivity contribution in [2.24, 2.45) is 0 Å². The largest absolute Gasteiger partial charge is 0.377 e. The van der Waals surface area contributed by atoms with E-state index in [4.69, 9.17) is 27.9 Å². The normalized spacial score (nSPS) is 16.9. The molecule has 0 aliphatic carbocycles. The van der Waals surface area contributed by atoms with E-state index in [0.29, 0.717) is 22.4 Å². The molecule has 0 atom stereocenters. The number of carbonyl (C=O) groups is 1. The van der Waals surface area contributed by atoms with Crippen LogP contribution in [0.5, 0.6) is 0 Å². The third-order valence-corrected chi connectivity index (χ3v) is 5.09. The number of alkyl halides is 1. The fraction of sp³-hybridized carbons (Fsp3) is 0.615. The minimum absolute atomic E-state index is 0.0406. The van der Waals surface area contributed by atoms with E-state index < -0.39 is 0 Å². The molecule has 2 heterocycles. The van der Waals surface area contributed by atoms with Crippen molar-refractivity contribution in [1.82, 2.24) is 4.90 Å². The van der Waals surface area contributed by atoms with Gasteiger partial charge >= 0.3 is 0 Å². The summed E-state index contributed by atoms with van der Waals surface area (Å²) in [5.41, 5.74) is 0.968. The van der Waals surface area contributed by atoms with E-state index in [9.17, 15) is 4.79 Å². The van der Waals surface area contributed by atoms with Crippen LogP contribution in [0.4, 0.5) is 0 Å². The predicted molar refractivity (Wildman–Crippen MR) is 79.7 cm³/mol. The quantitative estimate of drug-likeness (QED) is 0.793. The highest BCUT2D eigenvalue weighted by Gasteiger charge is 2.26. The van der Waals surface area contributed by atoms with Gasteiger partial charge in [-0.3, -0.25) is 4.79 Å². The van der Waals surface area contributed by atoms with Gasteiger partial charge < -0.3 is 9.64 Å². The minimum atomic E-state index is 0.0406. The van der Waals surface area contributed by atoms with E-state index in [1.54, 1.807) is 0 Å². The summed E-state index contributed by atoms with van der Waals surface area (Å²) in [5.74, 6) is 0.558. The number of halogens is 2. The van der Waals surface area contributed by atoms with Crippen molar-refractivity contribution in [3.8, 4) is 0 Å². The molecule has 1 aromatic heterocycles. The number of thiophene rings is 1. The standard InChI is InChI=1S/C13H17Cl2NO2S/c1-9-8-19-12(11(9)15)13(17)16-5-2-10(3-6-16)18-7-4-14/h8,10H,2-7H2,1H3. The van der Waals surface area contributed by atoms with E-state index in [-0.39, 0.29) is 12.0 Å². The molecule has 1 aliphatic heterocycles. The van der Waals surface area contributed by atoms with Gasteiger partial charge in [0.15, 0.2) is 0 Å². The Kier molecular flexibility index (Phi) is 5.51. The SMILES string of the molecule is Cc1csc(C(=O)N2CCC(OCCCl)CC2)c1Cl. The maximum absolute atomic E-state index is 12.3. The van der Waals surface area contributed by atoms with Crippen molar-refractivity contribution < 1.29 is 9.53 Å². The topological polar surface area (TPSA) is 29.5 Å². The molecule has 0 spiro atoms. The Morgan fingerprint density at radius 3 is 2.74 bits per heavy atom. The van der Waals surface area contributed by atoms with Gasteiger partial charge in [0, 0.05) is 19.0 Å². The molecule has 3 nitrogen and oxygen atoms in total. The van der Waals surface area contributed by atoms with Crippen molar-refractivity contribution in [3.63, 3.8) is 0 Å². The van der Waals surface area contributed by atoms with Crippen molar-refractivity contribution in [1.29, 1.82) is 0 Å². The molecule has 106 valence electrons.